The van der Waals surface area contributed by atoms with Crippen LogP contribution < -0.4 is 0 Å². The second kappa shape index (κ2) is 4.65. The van der Waals surface area contributed by atoms with E-state index in [9.17, 15) is 4.79 Å². The van der Waals surface area contributed by atoms with Crippen LogP contribution in [0.5, 0.6) is 0 Å². The zero-order chi connectivity index (χ0) is 9.68. The van der Waals surface area contributed by atoms with Gasteiger partial charge in [0.1, 0.15) is 5.76 Å². The van der Waals surface area contributed by atoms with Crippen LogP contribution >= 0.6 is 0 Å². The van der Waals surface area contributed by atoms with Gasteiger partial charge < -0.3 is 4.42 Å². The van der Waals surface area contributed by atoms with E-state index >= 15 is 0 Å². The quantitative estimate of drug-likeness (QED) is 0.663. The summed E-state index contributed by atoms with van der Waals surface area (Å²) in [5, 5.41) is 0. The van der Waals surface area contributed by atoms with Crippen LogP contribution in [0.15, 0.2) is 28.9 Å². The first kappa shape index (κ1) is 9.78. The number of carbonyl (C=O) groups excluding carboxylic acids is 1. The molecule has 1 heterocycles. The van der Waals surface area contributed by atoms with E-state index in [0.717, 1.165) is 5.76 Å². The summed E-state index contributed by atoms with van der Waals surface area (Å²) in [5.74, 6) is 1.28. The van der Waals surface area contributed by atoms with Crippen LogP contribution in [0.4, 0.5) is 0 Å². The summed E-state index contributed by atoms with van der Waals surface area (Å²) in [6.45, 7) is 4.05. The van der Waals surface area contributed by atoms with Crippen molar-refractivity contribution in [3.63, 3.8) is 0 Å². The first-order valence-electron chi connectivity index (χ1n) is 4.43. The van der Waals surface area contributed by atoms with Gasteiger partial charge in [0.05, 0.1) is 6.26 Å². The zero-order valence-corrected chi connectivity index (χ0v) is 7.99. The average molecular weight is 178 g/mol. The van der Waals surface area contributed by atoms with Gasteiger partial charge in [-0.25, -0.2) is 0 Å². The van der Waals surface area contributed by atoms with Gasteiger partial charge in [-0.2, -0.15) is 0 Å². The van der Waals surface area contributed by atoms with E-state index in [4.69, 9.17) is 4.42 Å². The fraction of sp³-hybridized carbons (Fsp3) is 0.364. The molecule has 0 aliphatic carbocycles. The Kier molecular flexibility index (Phi) is 3.50. The van der Waals surface area contributed by atoms with Crippen molar-refractivity contribution in [2.45, 2.75) is 20.3 Å². The highest BCUT2D eigenvalue weighted by molar-refractivity contribution is 5.93. The molecule has 0 amide bonds. The second-order valence-electron chi connectivity index (χ2n) is 3.41. The van der Waals surface area contributed by atoms with Crippen LogP contribution in [-0.2, 0) is 4.79 Å². The van der Waals surface area contributed by atoms with Crippen LogP contribution in [0.3, 0.4) is 0 Å². The van der Waals surface area contributed by atoms with Gasteiger partial charge >= 0.3 is 0 Å². The third kappa shape index (κ3) is 3.74. The third-order valence-corrected chi connectivity index (χ3v) is 1.59. The molecule has 0 radical (unpaired) electrons. The molecule has 0 spiro atoms. The van der Waals surface area contributed by atoms with Crippen molar-refractivity contribution < 1.29 is 9.21 Å². The van der Waals surface area contributed by atoms with E-state index in [1.165, 1.54) is 0 Å². The van der Waals surface area contributed by atoms with Crippen molar-refractivity contribution in [1.29, 1.82) is 0 Å². The summed E-state index contributed by atoms with van der Waals surface area (Å²) in [5.41, 5.74) is 0. The normalized spacial score (nSPS) is 11.3. The van der Waals surface area contributed by atoms with Crippen molar-refractivity contribution >= 4 is 11.9 Å². The topological polar surface area (TPSA) is 30.2 Å². The van der Waals surface area contributed by atoms with Crippen molar-refractivity contribution in [3.8, 4) is 0 Å². The van der Waals surface area contributed by atoms with Crippen LogP contribution in [0.1, 0.15) is 26.0 Å². The highest BCUT2D eigenvalue weighted by atomic mass is 16.3. The maximum Gasteiger partial charge on any atom is 0.156 e. The van der Waals surface area contributed by atoms with Gasteiger partial charge in [-0.3, -0.25) is 4.79 Å². The largest absolute Gasteiger partial charge is 0.465 e. The van der Waals surface area contributed by atoms with Gasteiger partial charge in [-0.05, 0) is 30.2 Å². The fourth-order valence-corrected chi connectivity index (χ4v) is 1.03. The summed E-state index contributed by atoms with van der Waals surface area (Å²) in [4.78, 5) is 11.2. The van der Waals surface area contributed by atoms with E-state index in [1.807, 2.05) is 19.9 Å². The Morgan fingerprint density at radius 1 is 1.62 bits per heavy atom. The summed E-state index contributed by atoms with van der Waals surface area (Å²) in [6, 6.07) is 3.62. The number of hydrogen-bond acceptors (Lipinski definition) is 2. The van der Waals surface area contributed by atoms with E-state index < -0.39 is 0 Å². The van der Waals surface area contributed by atoms with Crippen LogP contribution in [0, 0.1) is 5.92 Å². The fourth-order valence-electron chi connectivity index (χ4n) is 1.03. The standard InChI is InChI=1S/C11H14O2/c1-9(2)8-10(12)5-6-11-4-3-7-13-11/h3-7,9H,8H2,1-2H3/b6-5-. The Labute approximate surface area is 78.3 Å². The van der Waals surface area contributed by atoms with Gasteiger partial charge in [0.25, 0.3) is 0 Å². The van der Waals surface area contributed by atoms with Gasteiger partial charge in [-0.1, -0.05) is 13.8 Å². The predicted molar refractivity (Wildman–Crippen MR) is 52.2 cm³/mol. The molecule has 70 valence electrons. The van der Waals surface area contributed by atoms with Crippen molar-refractivity contribution in [2.75, 3.05) is 0 Å². The smallest absolute Gasteiger partial charge is 0.156 e. The Balaban J connectivity index is 2.44. The maximum atomic E-state index is 11.2. The molecule has 1 rings (SSSR count). The Morgan fingerprint density at radius 2 is 2.38 bits per heavy atom. The summed E-state index contributed by atoms with van der Waals surface area (Å²) >= 11 is 0. The van der Waals surface area contributed by atoms with E-state index in [2.05, 4.69) is 0 Å². The lowest BCUT2D eigenvalue weighted by Gasteiger charge is -1.97. The van der Waals surface area contributed by atoms with Gasteiger partial charge in [-0.15, -0.1) is 0 Å². The molecule has 2 heteroatoms. The van der Waals surface area contributed by atoms with Crippen LogP contribution in [0.2, 0.25) is 0 Å². The minimum absolute atomic E-state index is 0.145. The molecule has 13 heavy (non-hydrogen) atoms. The molecule has 0 aromatic carbocycles. The molecule has 0 aliphatic rings. The predicted octanol–water partition coefficient (Wildman–Crippen LogP) is 2.91. The minimum atomic E-state index is 0.145. The van der Waals surface area contributed by atoms with Gasteiger partial charge in [0, 0.05) is 6.42 Å². The number of carbonyl (C=O) groups is 1. The minimum Gasteiger partial charge on any atom is -0.465 e. The van der Waals surface area contributed by atoms with Crippen molar-refractivity contribution in [1.82, 2.24) is 0 Å². The molecule has 0 saturated heterocycles. The van der Waals surface area contributed by atoms with Crippen LogP contribution in [-0.4, -0.2) is 5.78 Å². The molecular formula is C11H14O2. The lowest BCUT2D eigenvalue weighted by atomic mass is 10.1. The average Bonchev–Trinajstić information content (AvgIpc) is 2.51. The number of ketones is 1. The van der Waals surface area contributed by atoms with E-state index in [-0.39, 0.29) is 5.78 Å². The molecule has 0 N–H and O–H groups in total. The molecular weight excluding hydrogens is 164 g/mol. The molecule has 0 aliphatic heterocycles. The summed E-state index contributed by atoms with van der Waals surface area (Å²) in [6.07, 6.45) is 5.45. The molecule has 1 aromatic heterocycles. The summed E-state index contributed by atoms with van der Waals surface area (Å²) in [7, 11) is 0. The number of hydrogen-bond donors (Lipinski definition) is 0. The van der Waals surface area contributed by atoms with Crippen molar-refractivity contribution in [3.05, 3.63) is 30.2 Å². The molecule has 0 unspecified atom stereocenters. The number of rotatable bonds is 4. The molecule has 0 bridgehead atoms. The summed E-state index contributed by atoms with van der Waals surface area (Å²) < 4.78 is 5.05. The lowest BCUT2D eigenvalue weighted by molar-refractivity contribution is -0.115. The number of furan rings is 1. The highest BCUT2D eigenvalue weighted by Crippen LogP contribution is 2.05. The second-order valence-corrected chi connectivity index (χ2v) is 3.41. The van der Waals surface area contributed by atoms with E-state index in [0.29, 0.717) is 12.3 Å². The molecule has 0 atom stereocenters. The monoisotopic (exact) mass is 178 g/mol. The van der Waals surface area contributed by atoms with Crippen molar-refractivity contribution in [2.24, 2.45) is 5.92 Å². The van der Waals surface area contributed by atoms with Crippen LogP contribution in [0.25, 0.3) is 6.08 Å². The molecule has 1 aromatic rings. The maximum absolute atomic E-state index is 11.2. The van der Waals surface area contributed by atoms with E-state index in [1.54, 1.807) is 24.5 Å². The third-order valence-electron chi connectivity index (χ3n) is 1.59. The Morgan fingerprint density at radius 3 is 2.92 bits per heavy atom. The first-order valence-corrected chi connectivity index (χ1v) is 4.43. The van der Waals surface area contributed by atoms with Gasteiger partial charge in [0.2, 0.25) is 0 Å². The molecule has 0 fully saturated rings. The SMILES string of the molecule is CC(C)CC(=O)/C=C\c1ccco1. The zero-order valence-electron chi connectivity index (χ0n) is 7.99. The lowest BCUT2D eigenvalue weighted by Crippen LogP contribution is -1.97. The molecule has 0 saturated carbocycles. The Hall–Kier alpha value is -1.31. The van der Waals surface area contributed by atoms with Gasteiger partial charge in [0.15, 0.2) is 5.78 Å². The number of allylic oxidation sites excluding steroid dienone is 1. The highest BCUT2D eigenvalue weighted by Gasteiger charge is 2.00. The molecule has 2 nitrogen and oxygen atoms in total. The first-order chi connectivity index (χ1) is 6.18. The Bertz CT molecular complexity index is 281.